The van der Waals surface area contributed by atoms with Crippen molar-refractivity contribution >= 4 is 44.0 Å². The van der Waals surface area contributed by atoms with Crippen LogP contribution in [0.3, 0.4) is 0 Å². The number of carbonyl (C=O) groups is 1. The van der Waals surface area contributed by atoms with Gasteiger partial charge in [0.05, 0.1) is 6.04 Å². The average molecular weight is 479 g/mol. The number of anilines is 1. The van der Waals surface area contributed by atoms with Gasteiger partial charge in [-0.3, -0.25) is 10.1 Å². The van der Waals surface area contributed by atoms with Crippen molar-refractivity contribution in [2.24, 2.45) is 0 Å². The topological polar surface area (TPSA) is 110 Å². The van der Waals surface area contributed by atoms with Crippen molar-refractivity contribution < 1.29 is 17.9 Å². The second kappa shape index (κ2) is 8.19. The van der Waals surface area contributed by atoms with E-state index in [-0.39, 0.29) is 9.47 Å². The van der Waals surface area contributed by atoms with Gasteiger partial charge in [-0.05, 0) is 44.2 Å². The van der Waals surface area contributed by atoms with Crippen LogP contribution in [-0.4, -0.2) is 30.1 Å². The Morgan fingerprint density at radius 3 is 2.61 bits per heavy atom. The predicted molar refractivity (Wildman–Crippen MR) is 118 cm³/mol. The van der Waals surface area contributed by atoms with Crippen molar-refractivity contribution in [2.45, 2.75) is 36.3 Å². The van der Waals surface area contributed by atoms with Gasteiger partial charge in [0.1, 0.15) is 11.4 Å². The molecule has 1 atom stereocenters. The summed E-state index contributed by atoms with van der Waals surface area (Å²) in [6.07, 6.45) is 0.447. The van der Waals surface area contributed by atoms with Crippen LogP contribution in [0.4, 0.5) is 5.13 Å². The summed E-state index contributed by atoms with van der Waals surface area (Å²) in [5, 5.41) is 10.7. The van der Waals surface area contributed by atoms with Gasteiger partial charge < -0.3 is 4.74 Å². The van der Waals surface area contributed by atoms with E-state index in [1.165, 1.54) is 0 Å². The molecule has 3 aromatic rings. The number of ether oxygens (including phenoxy) is 1. The van der Waals surface area contributed by atoms with Crippen LogP contribution in [0.1, 0.15) is 42.2 Å². The summed E-state index contributed by atoms with van der Waals surface area (Å²) in [4.78, 5) is 12.3. The molecule has 1 aliphatic rings. The number of hydrogen-bond acceptors (Lipinski definition) is 7. The first kappa shape index (κ1) is 21.7. The molecule has 2 aromatic carbocycles. The maximum Gasteiger partial charge on any atom is 0.270 e. The van der Waals surface area contributed by atoms with Gasteiger partial charge in [0.25, 0.3) is 15.9 Å². The van der Waals surface area contributed by atoms with Crippen LogP contribution in [0.2, 0.25) is 5.02 Å². The average Bonchev–Trinajstić information content (AvgIpc) is 3.17. The normalized spacial score (nSPS) is 17.5. The van der Waals surface area contributed by atoms with Gasteiger partial charge in [-0.25, -0.2) is 13.1 Å². The molecule has 0 aliphatic carbocycles. The van der Waals surface area contributed by atoms with E-state index in [4.69, 9.17) is 16.3 Å². The number of amides is 1. The minimum Gasteiger partial charge on any atom is -0.487 e. The highest BCUT2D eigenvalue weighted by Crippen LogP contribution is 2.40. The maximum absolute atomic E-state index is 13.0. The van der Waals surface area contributed by atoms with Crippen LogP contribution < -0.4 is 14.8 Å². The molecule has 0 unspecified atom stereocenters. The maximum atomic E-state index is 13.0. The quantitative estimate of drug-likeness (QED) is 0.536. The van der Waals surface area contributed by atoms with E-state index in [9.17, 15) is 13.2 Å². The molecule has 1 aliphatic heterocycles. The monoisotopic (exact) mass is 478 g/mol. The summed E-state index contributed by atoms with van der Waals surface area (Å²) in [5.74, 6) is 0.199. The first-order valence-electron chi connectivity index (χ1n) is 9.34. The Kier molecular flexibility index (Phi) is 5.73. The van der Waals surface area contributed by atoms with E-state index < -0.39 is 27.6 Å². The molecule has 2 heterocycles. The number of aromatic nitrogens is 2. The van der Waals surface area contributed by atoms with E-state index >= 15 is 0 Å². The third-order valence-electron chi connectivity index (χ3n) is 4.64. The van der Waals surface area contributed by atoms with Crippen LogP contribution in [-0.2, 0) is 10.0 Å². The largest absolute Gasteiger partial charge is 0.487 e. The molecule has 0 saturated carbocycles. The van der Waals surface area contributed by atoms with Crippen molar-refractivity contribution in [1.29, 1.82) is 0 Å². The molecular weight excluding hydrogens is 460 g/mol. The third kappa shape index (κ3) is 4.87. The highest BCUT2D eigenvalue weighted by molar-refractivity contribution is 7.91. The molecule has 0 radical (unpaired) electrons. The number of nitrogens with one attached hydrogen (secondary N) is 2. The molecule has 4 rings (SSSR count). The first-order chi connectivity index (χ1) is 14.6. The molecular formula is C20H19ClN4O4S2. The van der Waals surface area contributed by atoms with Crippen molar-refractivity contribution in [2.75, 3.05) is 5.32 Å². The van der Waals surface area contributed by atoms with Gasteiger partial charge in [0.15, 0.2) is 0 Å². The third-order valence-corrected chi connectivity index (χ3v) is 7.57. The summed E-state index contributed by atoms with van der Waals surface area (Å²) in [6, 6.07) is 13.1. The Hall–Kier alpha value is -2.53. The van der Waals surface area contributed by atoms with Gasteiger partial charge in [-0.1, -0.05) is 41.1 Å². The predicted octanol–water partition coefficient (Wildman–Crippen LogP) is 4.02. The minimum atomic E-state index is -3.97. The number of nitrogens with zero attached hydrogens (tertiary/aromatic N) is 2. The smallest absolute Gasteiger partial charge is 0.270 e. The van der Waals surface area contributed by atoms with Crippen molar-refractivity contribution in [3.8, 4) is 5.75 Å². The molecule has 8 nitrogen and oxygen atoms in total. The van der Waals surface area contributed by atoms with Crippen LogP contribution in [0.5, 0.6) is 5.75 Å². The first-order valence-corrected chi connectivity index (χ1v) is 12.0. The zero-order chi connectivity index (χ0) is 22.2. The summed E-state index contributed by atoms with van der Waals surface area (Å²) in [7, 11) is -3.97. The molecule has 0 spiro atoms. The number of sulfonamides is 1. The lowest BCUT2D eigenvalue weighted by Gasteiger charge is -2.37. The summed E-state index contributed by atoms with van der Waals surface area (Å²) in [6.45, 7) is 3.80. The standard InChI is InChI=1S/C20H19ClN4O4S2/c1-20(2)11-15(14-5-3-4-6-16(14)29-20)25-31(27,28)19-24-23-18(30-19)22-17(26)12-7-9-13(21)10-8-12/h3-10,15,25H,11H2,1-2H3,(H,22,23,26)/t15-/m1/s1. The van der Waals surface area contributed by atoms with E-state index in [0.29, 0.717) is 22.8 Å². The molecule has 31 heavy (non-hydrogen) atoms. The van der Waals surface area contributed by atoms with Crippen LogP contribution in [0.15, 0.2) is 52.9 Å². The van der Waals surface area contributed by atoms with Crippen LogP contribution in [0.25, 0.3) is 0 Å². The van der Waals surface area contributed by atoms with E-state index in [0.717, 1.165) is 16.9 Å². The number of fused-ring (bicyclic) bond motifs is 1. The number of para-hydroxylation sites is 1. The fourth-order valence-electron chi connectivity index (χ4n) is 3.28. The minimum absolute atomic E-state index is 0.0769. The lowest BCUT2D eigenvalue weighted by molar-refractivity contribution is 0.0702. The molecule has 0 bridgehead atoms. The van der Waals surface area contributed by atoms with E-state index in [2.05, 4.69) is 20.2 Å². The second-order valence-electron chi connectivity index (χ2n) is 7.61. The van der Waals surface area contributed by atoms with Gasteiger partial charge >= 0.3 is 0 Å². The fraction of sp³-hybridized carbons (Fsp3) is 0.250. The van der Waals surface area contributed by atoms with Crippen LogP contribution >= 0.6 is 22.9 Å². The van der Waals surface area contributed by atoms with E-state index in [1.807, 2.05) is 38.1 Å². The van der Waals surface area contributed by atoms with Crippen LogP contribution in [0, 0.1) is 0 Å². The second-order valence-corrected chi connectivity index (χ2v) is 10.9. The zero-order valence-electron chi connectivity index (χ0n) is 16.6. The Morgan fingerprint density at radius 1 is 1.16 bits per heavy atom. The summed E-state index contributed by atoms with van der Waals surface area (Å²) < 4.78 is 34.3. The lowest BCUT2D eigenvalue weighted by atomic mass is 9.90. The Balaban J connectivity index is 1.52. The molecule has 11 heteroatoms. The Morgan fingerprint density at radius 2 is 1.87 bits per heavy atom. The molecule has 2 N–H and O–H groups in total. The van der Waals surface area contributed by atoms with Gasteiger partial charge in [-0.15, -0.1) is 10.2 Å². The van der Waals surface area contributed by atoms with Crippen molar-refractivity contribution in [1.82, 2.24) is 14.9 Å². The highest BCUT2D eigenvalue weighted by atomic mass is 35.5. The highest BCUT2D eigenvalue weighted by Gasteiger charge is 2.36. The zero-order valence-corrected chi connectivity index (χ0v) is 19.0. The van der Waals surface area contributed by atoms with Gasteiger partial charge in [0, 0.05) is 22.6 Å². The van der Waals surface area contributed by atoms with Gasteiger partial charge in [-0.2, -0.15) is 0 Å². The van der Waals surface area contributed by atoms with Crippen molar-refractivity contribution in [3.63, 3.8) is 0 Å². The number of benzene rings is 2. The Bertz CT molecular complexity index is 1230. The van der Waals surface area contributed by atoms with E-state index in [1.54, 1.807) is 24.3 Å². The molecule has 162 valence electrons. The number of halogens is 1. The van der Waals surface area contributed by atoms with Crippen molar-refractivity contribution in [3.05, 3.63) is 64.7 Å². The lowest BCUT2D eigenvalue weighted by Crippen LogP contribution is -2.41. The SMILES string of the molecule is CC1(C)C[C@@H](NS(=O)(=O)c2nnc(NC(=O)c3ccc(Cl)cc3)s2)c2ccccc2O1. The fourth-order valence-corrected chi connectivity index (χ4v) is 5.54. The summed E-state index contributed by atoms with van der Waals surface area (Å²) >= 11 is 6.60. The Labute approximate surface area is 188 Å². The molecule has 0 saturated heterocycles. The van der Waals surface area contributed by atoms with Gasteiger partial charge in [0.2, 0.25) is 9.47 Å². The number of hydrogen-bond donors (Lipinski definition) is 2. The number of rotatable bonds is 5. The molecule has 1 aromatic heterocycles. The molecule has 1 amide bonds. The molecule has 0 fully saturated rings. The number of carbonyl (C=O) groups excluding carboxylic acids is 1. The summed E-state index contributed by atoms with van der Waals surface area (Å²) in [5.41, 5.74) is 0.578.